The highest BCUT2D eigenvalue weighted by Crippen LogP contribution is 2.34. The minimum Gasteiger partial charge on any atom is -0.378 e. The molecule has 2 aliphatic heterocycles. The highest BCUT2D eigenvalue weighted by Gasteiger charge is 2.38. The van der Waals surface area contributed by atoms with Crippen molar-refractivity contribution in [3.63, 3.8) is 0 Å². The van der Waals surface area contributed by atoms with Crippen LogP contribution in [-0.4, -0.2) is 71.3 Å². The second kappa shape index (κ2) is 10.1. The molecule has 0 atom stereocenters. The highest BCUT2D eigenvalue weighted by molar-refractivity contribution is 5.91. The van der Waals surface area contributed by atoms with Gasteiger partial charge in [0.25, 0.3) is 0 Å². The SMILES string of the molecule is Cc1cc(F)c(NC(=O)N2CC=C(C(F)(F)F)C2)cc1-c1cc(-c2ccnn2C)nc(N2CCOCC2)c1. The highest BCUT2D eigenvalue weighted by atomic mass is 19.4. The molecule has 2 aromatic heterocycles. The van der Waals surface area contributed by atoms with E-state index in [-0.39, 0.29) is 12.2 Å². The summed E-state index contributed by atoms with van der Waals surface area (Å²) < 4.78 is 61.1. The number of carbonyl (C=O) groups is 1. The third kappa shape index (κ3) is 5.21. The van der Waals surface area contributed by atoms with E-state index in [1.807, 2.05) is 25.2 Å². The van der Waals surface area contributed by atoms with Crippen molar-refractivity contribution in [1.29, 1.82) is 0 Å². The second-order valence-electron chi connectivity index (χ2n) is 9.22. The van der Waals surface area contributed by atoms with Gasteiger partial charge in [0.2, 0.25) is 0 Å². The molecule has 0 spiro atoms. The van der Waals surface area contributed by atoms with E-state index >= 15 is 0 Å². The zero-order valence-electron chi connectivity index (χ0n) is 20.8. The van der Waals surface area contributed by atoms with Crippen molar-refractivity contribution >= 4 is 17.5 Å². The molecule has 1 fully saturated rings. The van der Waals surface area contributed by atoms with Crippen molar-refractivity contribution in [3.05, 3.63) is 59.6 Å². The van der Waals surface area contributed by atoms with Gasteiger partial charge in [-0.3, -0.25) is 4.68 Å². The summed E-state index contributed by atoms with van der Waals surface area (Å²) in [4.78, 5) is 20.6. The van der Waals surface area contributed by atoms with Crippen LogP contribution in [0.4, 0.5) is 33.9 Å². The van der Waals surface area contributed by atoms with Gasteiger partial charge in [-0.1, -0.05) is 6.08 Å². The van der Waals surface area contributed by atoms with Gasteiger partial charge in [0.1, 0.15) is 11.6 Å². The van der Waals surface area contributed by atoms with Crippen molar-refractivity contribution in [3.8, 4) is 22.5 Å². The molecule has 3 aromatic rings. The van der Waals surface area contributed by atoms with Crippen LogP contribution in [-0.2, 0) is 11.8 Å². The number of aryl methyl sites for hydroxylation is 2. The first kappa shape index (κ1) is 25.7. The number of ether oxygens (including phenoxy) is 1. The Morgan fingerprint density at radius 2 is 1.89 bits per heavy atom. The number of pyridine rings is 1. The van der Waals surface area contributed by atoms with Gasteiger partial charge in [0.15, 0.2) is 0 Å². The Morgan fingerprint density at radius 1 is 1.13 bits per heavy atom. The third-order valence-corrected chi connectivity index (χ3v) is 6.67. The lowest BCUT2D eigenvalue weighted by molar-refractivity contribution is -0.0929. The monoisotopic (exact) mass is 530 g/mol. The maximum absolute atomic E-state index is 14.9. The Morgan fingerprint density at radius 3 is 2.55 bits per heavy atom. The molecule has 2 amide bonds. The summed E-state index contributed by atoms with van der Waals surface area (Å²) >= 11 is 0. The van der Waals surface area contributed by atoms with Crippen LogP contribution in [0.15, 0.2) is 48.2 Å². The number of nitrogens with zero attached hydrogens (tertiary/aromatic N) is 5. The molecular weight excluding hydrogens is 504 g/mol. The van der Waals surface area contributed by atoms with Crippen LogP contribution < -0.4 is 10.2 Å². The number of benzene rings is 1. The van der Waals surface area contributed by atoms with Crippen molar-refractivity contribution in [2.45, 2.75) is 13.1 Å². The molecule has 0 unspecified atom stereocenters. The number of hydrogen-bond donors (Lipinski definition) is 1. The molecule has 0 saturated carbocycles. The first-order valence-electron chi connectivity index (χ1n) is 12.1. The summed E-state index contributed by atoms with van der Waals surface area (Å²) in [6.07, 6.45) is -1.88. The number of rotatable bonds is 4. The molecule has 2 aliphatic rings. The van der Waals surface area contributed by atoms with Crippen LogP contribution in [0.1, 0.15) is 5.56 Å². The van der Waals surface area contributed by atoms with Gasteiger partial charge < -0.3 is 19.9 Å². The Bertz CT molecular complexity index is 1390. The molecule has 1 N–H and O–H groups in total. The lowest BCUT2D eigenvalue weighted by Gasteiger charge is -2.28. The number of amides is 2. The van der Waals surface area contributed by atoms with Crippen LogP contribution >= 0.6 is 0 Å². The number of urea groups is 1. The Kier molecular flexibility index (Phi) is 6.82. The van der Waals surface area contributed by atoms with Crippen LogP contribution in [0.3, 0.4) is 0 Å². The summed E-state index contributed by atoms with van der Waals surface area (Å²) in [7, 11) is 1.81. The maximum Gasteiger partial charge on any atom is 0.414 e. The molecule has 4 heterocycles. The molecule has 5 rings (SSSR count). The molecule has 12 heteroatoms. The number of alkyl halides is 3. The van der Waals surface area contributed by atoms with E-state index in [2.05, 4.69) is 15.3 Å². The molecule has 8 nitrogen and oxygen atoms in total. The van der Waals surface area contributed by atoms with Gasteiger partial charge in [-0.05, 0) is 53.9 Å². The fourth-order valence-corrected chi connectivity index (χ4v) is 4.57. The Balaban J connectivity index is 1.49. The number of halogens is 4. The molecule has 0 aliphatic carbocycles. The van der Waals surface area contributed by atoms with Crippen molar-refractivity contribution in [2.75, 3.05) is 49.6 Å². The smallest absolute Gasteiger partial charge is 0.378 e. The fraction of sp³-hybridized carbons (Fsp3) is 0.346. The molecule has 38 heavy (non-hydrogen) atoms. The number of carbonyl (C=O) groups excluding carboxylic acids is 1. The van der Waals surface area contributed by atoms with Crippen LogP contribution in [0.25, 0.3) is 22.5 Å². The largest absolute Gasteiger partial charge is 0.414 e. The maximum atomic E-state index is 14.9. The van der Waals surface area contributed by atoms with Gasteiger partial charge in [0.05, 0.1) is 42.4 Å². The van der Waals surface area contributed by atoms with Gasteiger partial charge in [-0.15, -0.1) is 0 Å². The summed E-state index contributed by atoms with van der Waals surface area (Å²) in [6, 6.07) is 7.60. The fourth-order valence-electron chi connectivity index (χ4n) is 4.57. The number of morpholine rings is 1. The lowest BCUT2D eigenvalue weighted by Crippen LogP contribution is -2.36. The number of nitrogens with one attached hydrogen (secondary N) is 1. The minimum atomic E-state index is -4.51. The summed E-state index contributed by atoms with van der Waals surface area (Å²) in [6.45, 7) is 3.42. The number of anilines is 2. The van der Waals surface area contributed by atoms with E-state index < -0.39 is 30.1 Å². The zero-order valence-corrected chi connectivity index (χ0v) is 20.8. The van der Waals surface area contributed by atoms with Gasteiger partial charge in [-0.25, -0.2) is 14.2 Å². The predicted octanol–water partition coefficient (Wildman–Crippen LogP) is 4.77. The number of hydrogen-bond acceptors (Lipinski definition) is 5. The molecule has 200 valence electrons. The van der Waals surface area contributed by atoms with Gasteiger partial charge in [-0.2, -0.15) is 18.3 Å². The summed E-state index contributed by atoms with van der Waals surface area (Å²) in [5.74, 6) is 0.0382. The quantitative estimate of drug-likeness (QED) is 0.389. The van der Waals surface area contributed by atoms with E-state index in [1.165, 1.54) is 12.1 Å². The molecule has 0 radical (unpaired) electrons. The average molecular weight is 531 g/mol. The van der Waals surface area contributed by atoms with Gasteiger partial charge in [0, 0.05) is 32.9 Å². The lowest BCUT2D eigenvalue weighted by atomic mass is 9.98. The van der Waals surface area contributed by atoms with E-state index in [1.54, 1.807) is 17.8 Å². The average Bonchev–Trinajstić information content (AvgIpc) is 3.55. The van der Waals surface area contributed by atoms with Gasteiger partial charge >= 0.3 is 12.2 Å². The molecular formula is C26H26F4N6O2. The normalized spacial score (nSPS) is 16.1. The van der Waals surface area contributed by atoms with Crippen LogP contribution in [0, 0.1) is 12.7 Å². The first-order chi connectivity index (χ1) is 18.1. The molecule has 0 bridgehead atoms. The molecule has 1 saturated heterocycles. The minimum absolute atomic E-state index is 0.122. The standard InChI is InChI=1S/C26H26F4N6O2/c1-16-11-20(27)21(33-25(37)36-6-4-18(15-36)26(28,29)30)14-19(16)17-12-22(23-3-5-31-34(23)2)32-24(13-17)35-7-9-38-10-8-35/h3-5,11-14H,6-10,15H2,1-2H3,(H,33,37). The van der Waals surface area contributed by atoms with E-state index in [4.69, 9.17) is 9.72 Å². The van der Waals surface area contributed by atoms with Crippen molar-refractivity contribution < 1.29 is 27.1 Å². The van der Waals surface area contributed by atoms with E-state index in [0.29, 0.717) is 43.1 Å². The second-order valence-corrected chi connectivity index (χ2v) is 9.22. The zero-order chi connectivity index (χ0) is 27.0. The van der Waals surface area contributed by atoms with Crippen molar-refractivity contribution in [2.24, 2.45) is 7.05 Å². The van der Waals surface area contributed by atoms with Crippen LogP contribution in [0.2, 0.25) is 0 Å². The Labute approximate surface area is 216 Å². The predicted molar refractivity (Wildman–Crippen MR) is 134 cm³/mol. The van der Waals surface area contributed by atoms with E-state index in [0.717, 1.165) is 28.1 Å². The topological polar surface area (TPSA) is 75.5 Å². The molecule has 1 aromatic carbocycles. The third-order valence-electron chi connectivity index (χ3n) is 6.67. The summed E-state index contributed by atoms with van der Waals surface area (Å²) in [5.41, 5.74) is 2.55. The van der Waals surface area contributed by atoms with Crippen LogP contribution in [0.5, 0.6) is 0 Å². The first-order valence-corrected chi connectivity index (χ1v) is 12.1. The Hall–Kier alpha value is -3.93. The number of aromatic nitrogens is 3. The van der Waals surface area contributed by atoms with Crippen molar-refractivity contribution in [1.82, 2.24) is 19.7 Å². The summed E-state index contributed by atoms with van der Waals surface area (Å²) in [5, 5.41) is 6.68. The van der Waals surface area contributed by atoms with E-state index in [9.17, 15) is 22.4 Å².